The Balaban J connectivity index is 1.12. The van der Waals surface area contributed by atoms with Crippen LogP contribution in [0.25, 0.3) is 32.7 Å². The van der Waals surface area contributed by atoms with Crippen LogP contribution in [-0.4, -0.2) is 47.2 Å². The average molecular weight is 818 g/mol. The van der Waals surface area contributed by atoms with Crippen molar-refractivity contribution in [3.8, 4) is 22.6 Å². The van der Waals surface area contributed by atoms with E-state index in [0.717, 1.165) is 29.3 Å². The third-order valence-corrected chi connectivity index (χ3v) is 10.4. The number of aromatic hydroxyl groups is 2. The molecule has 0 unspecified atom stereocenters. The van der Waals surface area contributed by atoms with Gasteiger partial charge in [-0.25, -0.2) is 4.79 Å². The summed E-state index contributed by atoms with van der Waals surface area (Å²) in [6.07, 6.45) is 0. The normalized spacial score (nSPS) is 12.4. The molecule has 0 aliphatic rings. The van der Waals surface area contributed by atoms with E-state index in [1.807, 2.05) is 24.3 Å². The van der Waals surface area contributed by atoms with Crippen molar-refractivity contribution in [2.45, 2.75) is 9.79 Å². The summed E-state index contributed by atoms with van der Waals surface area (Å²) in [5.74, 6) is -2.45. The number of nitrogens with zero attached hydrogens (tertiary/aromatic N) is 6. The number of rotatable bonds is 10. The maximum atomic E-state index is 12.4. The van der Waals surface area contributed by atoms with Crippen molar-refractivity contribution in [3.63, 3.8) is 0 Å². The van der Waals surface area contributed by atoms with E-state index in [4.69, 9.17) is 5.73 Å². The first-order chi connectivity index (χ1) is 27.6. The molecule has 0 saturated heterocycles. The summed E-state index contributed by atoms with van der Waals surface area (Å²) in [6, 6.07) is 31.1. The van der Waals surface area contributed by atoms with Crippen LogP contribution in [0.15, 0.2) is 162 Å². The van der Waals surface area contributed by atoms with E-state index in [-0.39, 0.29) is 39.1 Å². The SMILES string of the molecule is Nc1cc(S(=O)(=O)O)cc2cc(S(=O)(=O)O)c(N=Nc3ccc(N=Nc4ccc(-c5ccc(N=Nc6ccc(O)c(C(=O)O)c6)cc5)cc4)c4ccccc34)c(O)c12. The van der Waals surface area contributed by atoms with Crippen molar-refractivity contribution in [2.75, 3.05) is 5.73 Å². The van der Waals surface area contributed by atoms with Crippen molar-refractivity contribution in [1.29, 1.82) is 0 Å². The van der Waals surface area contributed by atoms with Crippen LogP contribution in [0.5, 0.6) is 11.5 Å². The van der Waals surface area contributed by atoms with Gasteiger partial charge in [-0.3, -0.25) is 9.11 Å². The van der Waals surface area contributed by atoms with Gasteiger partial charge in [0.15, 0.2) is 5.75 Å². The molecule has 0 aliphatic heterocycles. The fourth-order valence-electron chi connectivity index (χ4n) is 5.90. The number of fused-ring (bicyclic) bond motifs is 2. The van der Waals surface area contributed by atoms with Gasteiger partial charge in [0.1, 0.15) is 21.9 Å². The molecule has 0 fully saturated rings. The summed E-state index contributed by atoms with van der Waals surface area (Å²) in [4.78, 5) is 9.71. The summed E-state index contributed by atoms with van der Waals surface area (Å²) in [5.41, 5.74) is 8.50. The van der Waals surface area contributed by atoms with E-state index in [2.05, 4.69) is 30.7 Å². The first kappa shape index (κ1) is 38.8. The first-order valence-corrected chi connectivity index (χ1v) is 19.5. The zero-order valence-electron chi connectivity index (χ0n) is 29.4. The number of phenols is 2. The Morgan fingerprint density at radius 1 is 0.569 bits per heavy atom. The van der Waals surface area contributed by atoms with Crippen LogP contribution in [0, 0.1) is 0 Å². The average Bonchev–Trinajstić information content (AvgIpc) is 3.19. The molecule has 0 bridgehead atoms. The van der Waals surface area contributed by atoms with Gasteiger partial charge in [0.2, 0.25) is 0 Å². The Morgan fingerprint density at radius 2 is 1.09 bits per heavy atom. The number of carbonyl (C=O) groups is 1. The molecular formula is C39H27N7O10S2. The van der Waals surface area contributed by atoms with Gasteiger partial charge in [0, 0.05) is 21.8 Å². The molecule has 17 nitrogen and oxygen atoms in total. The molecule has 58 heavy (non-hydrogen) atoms. The van der Waals surface area contributed by atoms with Gasteiger partial charge < -0.3 is 21.1 Å². The fraction of sp³-hybridized carbons (Fsp3) is 0. The number of nitrogens with two attached hydrogens (primary N) is 1. The minimum absolute atomic E-state index is 0.189. The maximum absolute atomic E-state index is 12.4. The molecule has 0 saturated carbocycles. The van der Waals surface area contributed by atoms with Crippen LogP contribution < -0.4 is 5.73 Å². The second-order valence-corrected chi connectivity index (χ2v) is 15.3. The highest BCUT2D eigenvalue weighted by atomic mass is 32.2. The van der Waals surface area contributed by atoms with Gasteiger partial charge >= 0.3 is 5.97 Å². The number of carboxylic acids is 1. The lowest BCUT2D eigenvalue weighted by molar-refractivity contribution is 0.0693. The topological polar surface area (TPSA) is 287 Å². The lowest BCUT2D eigenvalue weighted by Gasteiger charge is -2.12. The molecule has 0 aromatic heterocycles. The Morgan fingerprint density at radius 3 is 1.62 bits per heavy atom. The molecule has 7 N–H and O–H groups in total. The Kier molecular flexibility index (Phi) is 10.2. The van der Waals surface area contributed by atoms with Gasteiger partial charge in [0.25, 0.3) is 20.2 Å². The van der Waals surface area contributed by atoms with E-state index in [0.29, 0.717) is 27.8 Å². The number of hydrogen-bond acceptors (Lipinski definition) is 14. The third-order valence-electron chi connectivity index (χ3n) is 8.70. The molecule has 7 rings (SSSR count). The second-order valence-electron chi connectivity index (χ2n) is 12.5. The quantitative estimate of drug-likeness (QED) is 0.0428. The predicted octanol–water partition coefficient (Wildman–Crippen LogP) is 10.1. The van der Waals surface area contributed by atoms with Crippen molar-refractivity contribution >= 4 is 87.6 Å². The van der Waals surface area contributed by atoms with Crippen molar-refractivity contribution in [2.24, 2.45) is 30.7 Å². The molecule has 7 aromatic carbocycles. The lowest BCUT2D eigenvalue weighted by Crippen LogP contribution is -2.02. The molecular weight excluding hydrogens is 791 g/mol. The van der Waals surface area contributed by atoms with Crippen LogP contribution in [0.1, 0.15) is 10.4 Å². The number of phenolic OH excluding ortho intramolecular Hbond substituents is 1. The van der Waals surface area contributed by atoms with Crippen LogP contribution in [0.3, 0.4) is 0 Å². The Bertz CT molecular complexity index is 3120. The number of azo groups is 3. The summed E-state index contributed by atoms with van der Waals surface area (Å²) >= 11 is 0. The number of aromatic carboxylic acids is 1. The minimum Gasteiger partial charge on any atom is -0.507 e. The number of benzene rings is 7. The van der Waals surface area contributed by atoms with Gasteiger partial charge in [-0.1, -0.05) is 48.5 Å². The first-order valence-electron chi connectivity index (χ1n) is 16.6. The van der Waals surface area contributed by atoms with Gasteiger partial charge in [-0.05, 0) is 89.3 Å². The summed E-state index contributed by atoms with van der Waals surface area (Å²) in [7, 11) is -9.81. The van der Waals surface area contributed by atoms with E-state index < -0.39 is 47.4 Å². The molecule has 0 radical (unpaired) electrons. The smallest absolute Gasteiger partial charge is 0.339 e. The van der Waals surface area contributed by atoms with Gasteiger partial charge in [0.05, 0.1) is 33.3 Å². The molecule has 7 aromatic rings. The van der Waals surface area contributed by atoms with Crippen molar-refractivity contribution < 1.29 is 46.1 Å². The Hall–Kier alpha value is -7.45. The van der Waals surface area contributed by atoms with Crippen LogP contribution in [0.4, 0.5) is 39.8 Å². The molecule has 290 valence electrons. The standard InChI is InChI=1S/C39H27N7O10S2/c40-31-20-27(57(51,52)53)17-23-18-35(58(54,55)56)37(38(48)36(23)31)46-45-33-15-14-32(28-3-1-2-4-29(28)33)44-42-25-11-7-22(8-12-25)21-5-9-24(10-6-21)41-43-26-13-16-34(47)30(19-26)39(49)50/h1-20,47-48H,40H2,(H,49,50)(H,51,52,53)(H,54,55,56). The predicted molar refractivity (Wildman–Crippen MR) is 213 cm³/mol. The largest absolute Gasteiger partial charge is 0.507 e. The van der Waals surface area contributed by atoms with E-state index in [1.165, 1.54) is 18.2 Å². The fourth-order valence-corrected chi connectivity index (χ4v) is 7.11. The zero-order chi connectivity index (χ0) is 41.4. The highest BCUT2D eigenvalue weighted by Gasteiger charge is 2.25. The lowest BCUT2D eigenvalue weighted by atomic mass is 10.1. The molecule has 0 amide bonds. The van der Waals surface area contributed by atoms with E-state index >= 15 is 0 Å². The zero-order valence-corrected chi connectivity index (χ0v) is 31.0. The number of nitrogen functional groups attached to an aromatic ring is 1. The molecule has 0 spiro atoms. The maximum Gasteiger partial charge on any atom is 0.339 e. The monoisotopic (exact) mass is 817 g/mol. The summed E-state index contributed by atoms with van der Waals surface area (Å²) in [5, 5.41) is 55.8. The summed E-state index contributed by atoms with van der Waals surface area (Å²) < 4.78 is 67.6. The minimum atomic E-state index is -5.05. The third kappa shape index (κ3) is 8.08. The van der Waals surface area contributed by atoms with Crippen molar-refractivity contribution in [1.82, 2.24) is 0 Å². The number of anilines is 1. The van der Waals surface area contributed by atoms with Crippen LogP contribution in [-0.2, 0) is 20.2 Å². The van der Waals surface area contributed by atoms with Crippen LogP contribution >= 0.6 is 0 Å². The van der Waals surface area contributed by atoms with Gasteiger partial charge in [-0.2, -0.15) is 32.2 Å². The molecule has 19 heteroatoms. The highest BCUT2D eigenvalue weighted by molar-refractivity contribution is 7.86. The highest BCUT2D eigenvalue weighted by Crippen LogP contribution is 2.45. The molecule has 0 atom stereocenters. The van der Waals surface area contributed by atoms with E-state index in [9.17, 15) is 46.1 Å². The Labute approximate surface area is 328 Å². The van der Waals surface area contributed by atoms with Gasteiger partial charge in [-0.15, -0.1) is 15.3 Å². The number of carboxylic acid groups (broad SMARTS) is 1. The summed E-state index contributed by atoms with van der Waals surface area (Å²) in [6.45, 7) is 0. The number of hydrogen-bond donors (Lipinski definition) is 6. The van der Waals surface area contributed by atoms with E-state index in [1.54, 1.807) is 60.7 Å². The van der Waals surface area contributed by atoms with Crippen LogP contribution in [0.2, 0.25) is 0 Å². The second kappa shape index (κ2) is 15.2. The van der Waals surface area contributed by atoms with Crippen molar-refractivity contribution in [3.05, 3.63) is 127 Å². The molecule has 0 aliphatic carbocycles. The molecule has 0 heterocycles.